The van der Waals surface area contributed by atoms with E-state index in [9.17, 15) is 8.42 Å². The van der Waals surface area contributed by atoms with Gasteiger partial charge in [0.05, 0.1) is 18.1 Å². The highest BCUT2D eigenvalue weighted by atomic mass is 32.2. The third-order valence-electron chi connectivity index (χ3n) is 4.06. The van der Waals surface area contributed by atoms with Gasteiger partial charge in [0, 0.05) is 31.7 Å². The van der Waals surface area contributed by atoms with E-state index in [1.807, 2.05) is 6.92 Å². The topological polar surface area (TPSA) is 77.1 Å². The molecule has 0 amide bonds. The van der Waals surface area contributed by atoms with Crippen LogP contribution < -0.4 is 14.2 Å². The van der Waals surface area contributed by atoms with Crippen molar-refractivity contribution in [1.29, 1.82) is 0 Å². The zero-order valence-electron chi connectivity index (χ0n) is 13.2. The third kappa shape index (κ3) is 3.95. The van der Waals surface area contributed by atoms with E-state index in [0.29, 0.717) is 44.5 Å². The minimum absolute atomic E-state index is 0.117. The molecule has 3 rings (SSSR count). The molecule has 1 aromatic carbocycles. The molecule has 0 bridgehead atoms. The molecule has 7 nitrogen and oxygen atoms in total. The summed E-state index contributed by atoms with van der Waals surface area (Å²) in [7, 11) is -3.57. The maximum Gasteiger partial charge on any atom is 0.240 e. The first-order valence-electron chi connectivity index (χ1n) is 7.77. The molecule has 8 heteroatoms. The van der Waals surface area contributed by atoms with Crippen LogP contribution in [0, 0.1) is 0 Å². The van der Waals surface area contributed by atoms with Crippen LogP contribution in [0.15, 0.2) is 23.1 Å². The SMILES string of the molecule is CC(CNS(=O)(=O)c1ccc2c(c1)OCCO2)N1CCOCC1. The summed E-state index contributed by atoms with van der Waals surface area (Å²) in [5.41, 5.74) is 0. The predicted octanol–water partition coefficient (Wildman–Crippen LogP) is 0.457. The van der Waals surface area contributed by atoms with Crippen molar-refractivity contribution in [2.45, 2.75) is 17.9 Å². The van der Waals surface area contributed by atoms with Crippen molar-refractivity contribution in [2.24, 2.45) is 0 Å². The van der Waals surface area contributed by atoms with E-state index in [1.165, 1.54) is 12.1 Å². The van der Waals surface area contributed by atoms with Crippen molar-refractivity contribution >= 4 is 10.0 Å². The molecule has 1 atom stereocenters. The molecule has 0 radical (unpaired) electrons. The Bertz CT molecular complexity index is 643. The molecule has 2 heterocycles. The molecule has 1 N–H and O–H groups in total. The van der Waals surface area contributed by atoms with Gasteiger partial charge in [-0.2, -0.15) is 0 Å². The van der Waals surface area contributed by atoms with E-state index in [0.717, 1.165) is 13.1 Å². The molecule has 23 heavy (non-hydrogen) atoms. The number of hydrogen-bond donors (Lipinski definition) is 1. The van der Waals surface area contributed by atoms with Crippen LogP contribution in [0.3, 0.4) is 0 Å². The minimum atomic E-state index is -3.57. The van der Waals surface area contributed by atoms with Crippen molar-refractivity contribution in [2.75, 3.05) is 46.1 Å². The molecule has 1 aromatic rings. The van der Waals surface area contributed by atoms with E-state index < -0.39 is 10.0 Å². The lowest BCUT2D eigenvalue weighted by Crippen LogP contribution is -2.47. The van der Waals surface area contributed by atoms with Gasteiger partial charge in [-0.25, -0.2) is 13.1 Å². The van der Waals surface area contributed by atoms with Crippen molar-refractivity contribution in [1.82, 2.24) is 9.62 Å². The minimum Gasteiger partial charge on any atom is -0.486 e. The largest absolute Gasteiger partial charge is 0.486 e. The Morgan fingerprint density at radius 3 is 2.57 bits per heavy atom. The number of nitrogens with zero attached hydrogens (tertiary/aromatic N) is 1. The van der Waals surface area contributed by atoms with Crippen molar-refractivity contribution in [3.63, 3.8) is 0 Å². The standard InChI is InChI=1S/C15H22N2O5S/c1-12(17-4-6-20-7-5-17)11-16-23(18,19)13-2-3-14-15(10-13)22-9-8-21-14/h2-3,10,12,16H,4-9,11H2,1H3. The van der Waals surface area contributed by atoms with Gasteiger partial charge in [-0.05, 0) is 19.1 Å². The first-order valence-corrected chi connectivity index (χ1v) is 9.26. The molecular weight excluding hydrogens is 320 g/mol. The summed E-state index contributed by atoms with van der Waals surface area (Å²) >= 11 is 0. The van der Waals surface area contributed by atoms with E-state index in [-0.39, 0.29) is 10.9 Å². The van der Waals surface area contributed by atoms with Crippen LogP contribution in [0.2, 0.25) is 0 Å². The second-order valence-electron chi connectivity index (χ2n) is 5.65. The van der Waals surface area contributed by atoms with Crippen molar-refractivity contribution in [3.05, 3.63) is 18.2 Å². The van der Waals surface area contributed by atoms with Crippen LogP contribution in [-0.4, -0.2) is 65.4 Å². The number of hydrogen-bond acceptors (Lipinski definition) is 6. The lowest BCUT2D eigenvalue weighted by Gasteiger charge is -2.32. The average Bonchev–Trinajstić information content (AvgIpc) is 2.60. The van der Waals surface area contributed by atoms with Gasteiger partial charge in [0.25, 0.3) is 0 Å². The number of benzene rings is 1. The molecule has 0 saturated carbocycles. The Hall–Kier alpha value is -1.35. The highest BCUT2D eigenvalue weighted by molar-refractivity contribution is 7.89. The summed E-state index contributed by atoms with van der Waals surface area (Å²) in [6, 6.07) is 4.80. The quantitative estimate of drug-likeness (QED) is 0.838. The Kier molecular flexibility index (Phi) is 5.05. The summed E-state index contributed by atoms with van der Waals surface area (Å²) in [6.45, 7) is 6.32. The van der Waals surface area contributed by atoms with Crippen molar-refractivity contribution in [3.8, 4) is 11.5 Å². The molecule has 0 aromatic heterocycles. The zero-order chi connectivity index (χ0) is 16.3. The van der Waals surface area contributed by atoms with Gasteiger partial charge in [-0.15, -0.1) is 0 Å². The number of nitrogens with one attached hydrogen (secondary N) is 1. The fraction of sp³-hybridized carbons (Fsp3) is 0.600. The highest BCUT2D eigenvalue weighted by Crippen LogP contribution is 2.32. The lowest BCUT2D eigenvalue weighted by molar-refractivity contribution is 0.0213. The molecule has 2 aliphatic rings. The maximum absolute atomic E-state index is 12.5. The second kappa shape index (κ2) is 7.04. The normalized spacial score (nSPS) is 20.2. The van der Waals surface area contributed by atoms with Crippen LogP contribution in [0.5, 0.6) is 11.5 Å². The molecule has 1 fully saturated rings. The van der Waals surface area contributed by atoms with Gasteiger partial charge in [0.15, 0.2) is 11.5 Å². The Morgan fingerprint density at radius 1 is 1.13 bits per heavy atom. The fourth-order valence-corrected chi connectivity index (χ4v) is 3.79. The average molecular weight is 342 g/mol. The number of ether oxygens (including phenoxy) is 3. The fourth-order valence-electron chi connectivity index (χ4n) is 2.65. The third-order valence-corrected chi connectivity index (χ3v) is 5.48. The molecule has 0 spiro atoms. The van der Waals surface area contributed by atoms with Gasteiger partial charge in [0.2, 0.25) is 10.0 Å². The Morgan fingerprint density at radius 2 is 1.83 bits per heavy atom. The molecule has 128 valence electrons. The first kappa shape index (κ1) is 16.5. The molecule has 1 saturated heterocycles. The van der Waals surface area contributed by atoms with Gasteiger partial charge < -0.3 is 14.2 Å². The molecular formula is C15H22N2O5S. The van der Waals surface area contributed by atoms with Crippen LogP contribution in [0.1, 0.15) is 6.92 Å². The van der Waals surface area contributed by atoms with E-state index in [4.69, 9.17) is 14.2 Å². The second-order valence-corrected chi connectivity index (χ2v) is 7.42. The zero-order valence-corrected chi connectivity index (χ0v) is 14.0. The van der Waals surface area contributed by atoms with Gasteiger partial charge >= 0.3 is 0 Å². The summed E-state index contributed by atoms with van der Waals surface area (Å²) < 4.78 is 43.7. The number of rotatable bonds is 5. The van der Waals surface area contributed by atoms with Gasteiger partial charge in [-0.1, -0.05) is 0 Å². The van der Waals surface area contributed by atoms with Crippen LogP contribution in [0.25, 0.3) is 0 Å². The molecule has 0 aliphatic carbocycles. The van der Waals surface area contributed by atoms with Crippen LogP contribution in [-0.2, 0) is 14.8 Å². The summed E-state index contributed by atoms with van der Waals surface area (Å²) in [4.78, 5) is 2.41. The first-order chi connectivity index (χ1) is 11.1. The van der Waals surface area contributed by atoms with Gasteiger partial charge in [-0.3, -0.25) is 4.90 Å². The van der Waals surface area contributed by atoms with E-state index >= 15 is 0 Å². The molecule has 2 aliphatic heterocycles. The number of sulfonamides is 1. The highest BCUT2D eigenvalue weighted by Gasteiger charge is 2.22. The Labute approximate surface area is 136 Å². The summed E-state index contributed by atoms with van der Waals surface area (Å²) in [5, 5.41) is 0. The van der Waals surface area contributed by atoms with E-state index in [2.05, 4.69) is 9.62 Å². The summed E-state index contributed by atoms with van der Waals surface area (Å²) in [6.07, 6.45) is 0. The molecule has 1 unspecified atom stereocenters. The van der Waals surface area contributed by atoms with Crippen LogP contribution >= 0.6 is 0 Å². The smallest absolute Gasteiger partial charge is 0.240 e. The van der Waals surface area contributed by atoms with E-state index in [1.54, 1.807) is 6.07 Å². The monoisotopic (exact) mass is 342 g/mol. The lowest BCUT2D eigenvalue weighted by atomic mass is 10.2. The van der Waals surface area contributed by atoms with Gasteiger partial charge in [0.1, 0.15) is 13.2 Å². The summed E-state index contributed by atoms with van der Waals surface area (Å²) in [5.74, 6) is 1.05. The maximum atomic E-state index is 12.5. The van der Waals surface area contributed by atoms with Crippen molar-refractivity contribution < 1.29 is 22.6 Å². The Balaban J connectivity index is 1.64. The predicted molar refractivity (Wildman–Crippen MR) is 84.5 cm³/mol. The van der Waals surface area contributed by atoms with Crippen LogP contribution in [0.4, 0.5) is 0 Å². The number of fused-ring (bicyclic) bond motifs is 1. The number of morpholine rings is 1.